The monoisotopic (exact) mass is 284 g/mol. The molecule has 1 amide bonds. The van der Waals surface area contributed by atoms with E-state index in [1.54, 1.807) is 18.2 Å². The zero-order chi connectivity index (χ0) is 15.6. The summed E-state index contributed by atoms with van der Waals surface area (Å²) in [6.45, 7) is 6.45. The second-order valence-electron chi connectivity index (χ2n) is 5.75. The number of halogens is 2. The highest BCUT2D eigenvalue weighted by atomic mass is 19.3. The summed E-state index contributed by atoms with van der Waals surface area (Å²) in [7, 11) is 0. The van der Waals surface area contributed by atoms with Crippen molar-refractivity contribution in [2.24, 2.45) is 11.1 Å². The van der Waals surface area contributed by atoms with Gasteiger partial charge >= 0.3 is 0 Å². The molecule has 0 aliphatic heterocycles. The molecule has 0 spiro atoms. The predicted octanol–water partition coefficient (Wildman–Crippen LogP) is 3.58. The van der Waals surface area contributed by atoms with Gasteiger partial charge in [-0.25, -0.2) is 8.78 Å². The van der Waals surface area contributed by atoms with Crippen LogP contribution in [0, 0.1) is 12.3 Å². The van der Waals surface area contributed by atoms with E-state index < -0.39 is 17.2 Å². The second-order valence-corrected chi connectivity index (χ2v) is 5.75. The minimum absolute atomic E-state index is 0.107. The number of hydrogen-bond acceptors (Lipinski definition) is 2. The van der Waals surface area contributed by atoms with Crippen molar-refractivity contribution >= 4 is 11.6 Å². The molecule has 0 bridgehead atoms. The topological polar surface area (TPSA) is 55.1 Å². The number of alkyl halides is 2. The van der Waals surface area contributed by atoms with Gasteiger partial charge in [-0.2, -0.15) is 0 Å². The normalized spacial score (nSPS) is 12.3. The summed E-state index contributed by atoms with van der Waals surface area (Å²) in [6.07, 6.45) is -0.206. The third-order valence-electron chi connectivity index (χ3n) is 3.53. The maximum absolute atomic E-state index is 13.8. The SMILES string of the molecule is CCC(F)(F)C(C)(C)CNc1cc(C)cc(C(N)=O)c1. The van der Waals surface area contributed by atoms with Crippen molar-refractivity contribution in [1.82, 2.24) is 0 Å². The highest BCUT2D eigenvalue weighted by Crippen LogP contribution is 2.38. The Morgan fingerprint density at radius 2 is 1.90 bits per heavy atom. The van der Waals surface area contributed by atoms with Crippen molar-refractivity contribution in [3.63, 3.8) is 0 Å². The van der Waals surface area contributed by atoms with Gasteiger partial charge in [-0.1, -0.05) is 20.8 Å². The van der Waals surface area contributed by atoms with E-state index in [0.29, 0.717) is 11.3 Å². The van der Waals surface area contributed by atoms with Crippen LogP contribution in [0.25, 0.3) is 0 Å². The van der Waals surface area contributed by atoms with Crippen molar-refractivity contribution in [1.29, 1.82) is 0 Å². The van der Waals surface area contributed by atoms with Crippen LogP contribution in [0.1, 0.15) is 43.1 Å². The van der Waals surface area contributed by atoms with E-state index in [1.807, 2.05) is 6.92 Å². The van der Waals surface area contributed by atoms with Gasteiger partial charge in [0.2, 0.25) is 5.91 Å². The van der Waals surface area contributed by atoms with Gasteiger partial charge in [0.15, 0.2) is 0 Å². The molecule has 0 fully saturated rings. The fourth-order valence-corrected chi connectivity index (χ4v) is 1.96. The number of hydrogen-bond donors (Lipinski definition) is 2. The van der Waals surface area contributed by atoms with Crippen molar-refractivity contribution in [2.75, 3.05) is 11.9 Å². The molecule has 0 atom stereocenters. The van der Waals surface area contributed by atoms with Gasteiger partial charge in [-0.3, -0.25) is 4.79 Å². The zero-order valence-corrected chi connectivity index (χ0v) is 12.4. The number of benzene rings is 1. The average molecular weight is 284 g/mol. The summed E-state index contributed by atoms with van der Waals surface area (Å²) < 4.78 is 27.6. The lowest BCUT2D eigenvalue weighted by atomic mass is 9.84. The minimum atomic E-state index is -2.75. The molecular weight excluding hydrogens is 262 g/mol. The highest BCUT2D eigenvalue weighted by Gasteiger charge is 2.44. The van der Waals surface area contributed by atoms with Crippen molar-refractivity contribution < 1.29 is 13.6 Å². The van der Waals surface area contributed by atoms with Crippen LogP contribution in [0.5, 0.6) is 0 Å². The Kier molecular flexibility index (Phi) is 4.73. The first-order valence-corrected chi connectivity index (χ1v) is 6.62. The van der Waals surface area contributed by atoms with Crippen LogP contribution in [0.2, 0.25) is 0 Å². The molecule has 3 nitrogen and oxygen atoms in total. The zero-order valence-electron chi connectivity index (χ0n) is 12.4. The van der Waals surface area contributed by atoms with Crippen LogP contribution in [0.4, 0.5) is 14.5 Å². The molecule has 0 aliphatic carbocycles. The van der Waals surface area contributed by atoms with E-state index in [-0.39, 0.29) is 13.0 Å². The molecule has 0 heterocycles. The average Bonchev–Trinajstić information content (AvgIpc) is 2.35. The summed E-state index contributed by atoms with van der Waals surface area (Å²) in [6, 6.07) is 5.04. The van der Waals surface area contributed by atoms with Crippen LogP contribution in [-0.2, 0) is 0 Å². The Morgan fingerprint density at radius 1 is 1.30 bits per heavy atom. The van der Waals surface area contributed by atoms with E-state index >= 15 is 0 Å². The molecular formula is C15H22F2N2O. The van der Waals surface area contributed by atoms with Crippen LogP contribution in [-0.4, -0.2) is 18.4 Å². The molecule has 0 unspecified atom stereocenters. The number of amides is 1. The molecule has 20 heavy (non-hydrogen) atoms. The Labute approximate surface area is 118 Å². The molecule has 3 N–H and O–H groups in total. The molecule has 0 saturated carbocycles. The van der Waals surface area contributed by atoms with Crippen molar-refractivity contribution in [2.45, 2.75) is 40.0 Å². The third-order valence-corrected chi connectivity index (χ3v) is 3.53. The van der Waals surface area contributed by atoms with Crippen LogP contribution in [0.15, 0.2) is 18.2 Å². The molecule has 1 rings (SSSR count). The lowest BCUT2D eigenvalue weighted by Gasteiger charge is -2.34. The lowest BCUT2D eigenvalue weighted by Crippen LogP contribution is -2.41. The lowest BCUT2D eigenvalue weighted by molar-refractivity contribution is -0.101. The Bertz CT molecular complexity index is 499. The summed E-state index contributed by atoms with van der Waals surface area (Å²) in [5.41, 5.74) is 5.90. The number of aryl methyl sites for hydroxylation is 1. The molecule has 0 aliphatic rings. The summed E-state index contributed by atoms with van der Waals surface area (Å²) in [5.74, 6) is -3.29. The number of carbonyl (C=O) groups excluding carboxylic acids is 1. The van der Waals surface area contributed by atoms with Gasteiger partial charge in [0.05, 0.1) is 0 Å². The number of rotatable bonds is 6. The van der Waals surface area contributed by atoms with E-state index in [0.717, 1.165) is 5.56 Å². The molecule has 0 saturated heterocycles. The fourth-order valence-electron chi connectivity index (χ4n) is 1.96. The number of primary amides is 1. The van der Waals surface area contributed by atoms with Gasteiger partial charge in [0.25, 0.3) is 5.92 Å². The van der Waals surface area contributed by atoms with Crippen LogP contribution < -0.4 is 11.1 Å². The molecule has 112 valence electrons. The highest BCUT2D eigenvalue weighted by molar-refractivity contribution is 5.94. The Hall–Kier alpha value is -1.65. The van der Waals surface area contributed by atoms with Crippen LogP contribution in [0.3, 0.4) is 0 Å². The molecule has 5 heteroatoms. The van der Waals surface area contributed by atoms with Crippen LogP contribution >= 0.6 is 0 Å². The number of anilines is 1. The molecule has 0 aromatic heterocycles. The van der Waals surface area contributed by atoms with Gasteiger partial charge in [-0.05, 0) is 30.7 Å². The second kappa shape index (κ2) is 5.77. The maximum atomic E-state index is 13.8. The fraction of sp³-hybridized carbons (Fsp3) is 0.533. The van der Waals surface area contributed by atoms with E-state index in [2.05, 4.69) is 5.32 Å². The quantitative estimate of drug-likeness (QED) is 0.839. The predicted molar refractivity (Wildman–Crippen MR) is 77.2 cm³/mol. The van der Waals surface area contributed by atoms with E-state index in [4.69, 9.17) is 5.73 Å². The Morgan fingerprint density at radius 3 is 2.40 bits per heavy atom. The first kappa shape index (κ1) is 16.4. The minimum Gasteiger partial charge on any atom is -0.384 e. The number of carbonyl (C=O) groups is 1. The smallest absolute Gasteiger partial charge is 0.254 e. The summed E-state index contributed by atoms with van der Waals surface area (Å²) in [4.78, 5) is 11.2. The standard InChI is InChI=1S/C15H22F2N2O/c1-5-15(16,17)14(3,4)9-19-12-7-10(2)6-11(8-12)13(18)20/h6-8,19H,5,9H2,1-4H3,(H2,18,20). The number of nitrogens with two attached hydrogens (primary N) is 1. The first-order chi connectivity index (χ1) is 9.09. The van der Waals surface area contributed by atoms with Gasteiger partial charge in [0.1, 0.15) is 0 Å². The van der Waals surface area contributed by atoms with Crippen molar-refractivity contribution in [3.05, 3.63) is 29.3 Å². The molecule has 1 aromatic rings. The Balaban J connectivity index is 2.88. The van der Waals surface area contributed by atoms with Gasteiger partial charge < -0.3 is 11.1 Å². The van der Waals surface area contributed by atoms with Gasteiger partial charge in [0, 0.05) is 29.6 Å². The van der Waals surface area contributed by atoms with E-state index in [9.17, 15) is 13.6 Å². The van der Waals surface area contributed by atoms with Gasteiger partial charge in [-0.15, -0.1) is 0 Å². The largest absolute Gasteiger partial charge is 0.384 e. The van der Waals surface area contributed by atoms with E-state index in [1.165, 1.54) is 20.8 Å². The number of nitrogens with one attached hydrogen (secondary N) is 1. The third kappa shape index (κ3) is 3.68. The summed E-state index contributed by atoms with van der Waals surface area (Å²) in [5, 5.41) is 2.97. The first-order valence-electron chi connectivity index (χ1n) is 6.62. The molecule has 0 radical (unpaired) electrons. The summed E-state index contributed by atoms with van der Waals surface area (Å²) >= 11 is 0. The molecule has 1 aromatic carbocycles. The maximum Gasteiger partial charge on any atom is 0.254 e. The van der Waals surface area contributed by atoms with Crippen molar-refractivity contribution in [3.8, 4) is 0 Å².